The molecule has 0 bridgehead atoms. The summed E-state index contributed by atoms with van der Waals surface area (Å²) in [6.45, 7) is 0. The van der Waals surface area contributed by atoms with Crippen LogP contribution in [0.1, 0.15) is 0 Å². The third-order valence-electron chi connectivity index (χ3n) is 1.07. The Kier molecular flexibility index (Phi) is 0.545. The second-order valence-corrected chi connectivity index (χ2v) is 1.60. The SMILES string of the molecule is [c]1cccc2c1N=N2. The lowest BCUT2D eigenvalue weighted by Gasteiger charge is -2.02. The van der Waals surface area contributed by atoms with Crippen molar-refractivity contribution in [3.63, 3.8) is 0 Å². The van der Waals surface area contributed by atoms with E-state index in [9.17, 15) is 0 Å². The van der Waals surface area contributed by atoms with Crippen molar-refractivity contribution in [1.82, 2.24) is 0 Å². The fourth-order valence-electron chi connectivity index (χ4n) is 0.639. The maximum atomic E-state index is 3.73. The lowest BCUT2D eigenvalue weighted by Crippen LogP contribution is -1.73. The normalized spacial score (nSPS) is 12.5. The van der Waals surface area contributed by atoms with E-state index >= 15 is 0 Å². The molecule has 1 aromatic rings. The largest absolute Gasteiger partial charge is 0.148 e. The molecule has 0 amide bonds. The average Bonchev–Trinajstić information content (AvgIpc) is 1.72. The zero-order valence-electron chi connectivity index (χ0n) is 4.13. The molecule has 0 N–H and O–H groups in total. The smallest absolute Gasteiger partial charge is 0.121 e. The van der Waals surface area contributed by atoms with Crippen molar-refractivity contribution in [2.45, 2.75) is 0 Å². The molecule has 8 heavy (non-hydrogen) atoms. The Labute approximate surface area is 46.9 Å². The lowest BCUT2D eigenvalue weighted by molar-refractivity contribution is 1.14. The van der Waals surface area contributed by atoms with Gasteiger partial charge < -0.3 is 0 Å². The molecule has 0 unspecified atom stereocenters. The highest BCUT2D eigenvalue weighted by atomic mass is 15.2. The van der Waals surface area contributed by atoms with Gasteiger partial charge in [0.1, 0.15) is 11.4 Å². The fraction of sp³-hybridized carbons (Fsp3) is 0. The van der Waals surface area contributed by atoms with Gasteiger partial charge in [-0.3, -0.25) is 0 Å². The Morgan fingerprint density at radius 2 is 2.38 bits per heavy atom. The Bertz CT molecular complexity index is 215. The van der Waals surface area contributed by atoms with Crippen LogP contribution in [0.4, 0.5) is 11.4 Å². The topological polar surface area (TPSA) is 24.7 Å². The first-order chi connectivity index (χ1) is 3.97. The summed E-state index contributed by atoms with van der Waals surface area (Å²) in [7, 11) is 0. The van der Waals surface area contributed by atoms with Crippen LogP contribution in [0.25, 0.3) is 0 Å². The van der Waals surface area contributed by atoms with E-state index in [1.165, 1.54) is 0 Å². The Hall–Kier alpha value is -1.18. The van der Waals surface area contributed by atoms with Crippen molar-refractivity contribution in [2.75, 3.05) is 0 Å². The Morgan fingerprint density at radius 1 is 1.38 bits per heavy atom. The Morgan fingerprint density at radius 3 is 2.75 bits per heavy atom. The summed E-state index contributed by atoms with van der Waals surface area (Å²) in [6.07, 6.45) is 0. The number of benzene rings is 1. The maximum absolute atomic E-state index is 3.73. The van der Waals surface area contributed by atoms with Gasteiger partial charge >= 0.3 is 0 Å². The van der Waals surface area contributed by atoms with Crippen LogP contribution in [0.3, 0.4) is 0 Å². The predicted octanol–water partition coefficient (Wildman–Crippen LogP) is 2.22. The van der Waals surface area contributed by atoms with E-state index in [1.807, 2.05) is 18.2 Å². The van der Waals surface area contributed by atoms with Crippen LogP contribution in [-0.2, 0) is 0 Å². The quantitative estimate of drug-likeness (QED) is 0.488. The summed E-state index contributed by atoms with van der Waals surface area (Å²) in [6, 6.07) is 8.57. The molecule has 2 rings (SSSR count). The number of rotatable bonds is 0. The highest BCUT2D eigenvalue weighted by molar-refractivity contribution is 5.64. The summed E-state index contributed by atoms with van der Waals surface area (Å²) < 4.78 is 0. The fourth-order valence-corrected chi connectivity index (χ4v) is 0.639. The van der Waals surface area contributed by atoms with E-state index < -0.39 is 0 Å². The molecule has 37 valence electrons. The molecule has 0 aliphatic carbocycles. The number of hydrogen-bond acceptors (Lipinski definition) is 2. The molecule has 2 nitrogen and oxygen atoms in total. The van der Waals surface area contributed by atoms with E-state index in [0.717, 1.165) is 11.4 Å². The molecule has 1 aromatic carbocycles. The number of azo groups is 1. The highest BCUT2D eigenvalue weighted by Gasteiger charge is 2.05. The zero-order valence-corrected chi connectivity index (χ0v) is 4.13. The van der Waals surface area contributed by atoms with Gasteiger partial charge in [0.15, 0.2) is 0 Å². The van der Waals surface area contributed by atoms with E-state index in [4.69, 9.17) is 0 Å². The van der Waals surface area contributed by atoms with Gasteiger partial charge in [-0.25, -0.2) is 0 Å². The van der Waals surface area contributed by atoms with Crippen LogP contribution in [0, 0.1) is 6.07 Å². The van der Waals surface area contributed by atoms with Crippen molar-refractivity contribution in [1.29, 1.82) is 0 Å². The van der Waals surface area contributed by atoms with Crippen LogP contribution in [-0.4, -0.2) is 0 Å². The molecule has 0 saturated carbocycles. The van der Waals surface area contributed by atoms with Crippen molar-refractivity contribution in [2.24, 2.45) is 10.2 Å². The molecular weight excluding hydrogens is 100 g/mol. The summed E-state index contributed by atoms with van der Waals surface area (Å²) in [4.78, 5) is 0. The average molecular weight is 103 g/mol. The first-order valence-corrected chi connectivity index (χ1v) is 2.39. The van der Waals surface area contributed by atoms with E-state index in [-0.39, 0.29) is 0 Å². The van der Waals surface area contributed by atoms with Crippen molar-refractivity contribution in [3.05, 3.63) is 24.3 Å². The number of hydrogen-bond donors (Lipinski definition) is 0. The molecular formula is C6H3N2. The van der Waals surface area contributed by atoms with Crippen LogP contribution < -0.4 is 0 Å². The molecule has 0 fully saturated rings. The minimum absolute atomic E-state index is 0.882. The summed E-state index contributed by atoms with van der Waals surface area (Å²) in [5, 5.41) is 7.43. The van der Waals surface area contributed by atoms with Gasteiger partial charge in [-0.15, -0.1) is 10.2 Å². The first-order valence-electron chi connectivity index (χ1n) is 2.39. The van der Waals surface area contributed by atoms with Crippen LogP contribution in [0.15, 0.2) is 28.4 Å². The molecule has 1 radical (unpaired) electrons. The number of fused-ring (bicyclic) bond motifs is 1. The number of nitrogens with zero attached hydrogens (tertiary/aromatic N) is 2. The standard InChI is InChI=1S/C6H3N2/c1-2-4-6-5(3-1)7-8-6/h1-3H. The second kappa shape index (κ2) is 1.15. The third kappa shape index (κ3) is 0.320. The van der Waals surface area contributed by atoms with Crippen molar-refractivity contribution >= 4 is 11.4 Å². The van der Waals surface area contributed by atoms with E-state index in [0.29, 0.717) is 0 Å². The van der Waals surface area contributed by atoms with E-state index in [2.05, 4.69) is 16.3 Å². The lowest BCUT2D eigenvalue weighted by atomic mass is 10.2. The maximum Gasteiger partial charge on any atom is 0.121 e. The van der Waals surface area contributed by atoms with Gasteiger partial charge in [-0.05, 0) is 6.07 Å². The first kappa shape index (κ1) is 3.78. The minimum Gasteiger partial charge on any atom is -0.148 e. The zero-order chi connectivity index (χ0) is 5.40. The predicted molar refractivity (Wildman–Crippen MR) is 29.5 cm³/mol. The summed E-state index contributed by atoms with van der Waals surface area (Å²) >= 11 is 0. The van der Waals surface area contributed by atoms with Gasteiger partial charge in [0, 0.05) is 6.07 Å². The minimum atomic E-state index is 0.882. The van der Waals surface area contributed by atoms with Gasteiger partial charge in [-0.1, -0.05) is 12.1 Å². The van der Waals surface area contributed by atoms with Gasteiger partial charge in [0.05, 0.1) is 0 Å². The molecule has 0 aromatic heterocycles. The highest BCUT2D eigenvalue weighted by Crippen LogP contribution is 2.35. The molecule has 2 heteroatoms. The second-order valence-electron chi connectivity index (χ2n) is 1.60. The van der Waals surface area contributed by atoms with Crippen molar-refractivity contribution < 1.29 is 0 Å². The monoisotopic (exact) mass is 103 g/mol. The van der Waals surface area contributed by atoms with Gasteiger partial charge in [-0.2, -0.15) is 0 Å². The van der Waals surface area contributed by atoms with E-state index in [1.54, 1.807) is 0 Å². The molecule has 1 aliphatic rings. The molecule has 1 aliphatic heterocycles. The van der Waals surface area contributed by atoms with Crippen LogP contribution in [0.2, 0.25) is 0 Å². The van der Waals surface area contributed by atoms with Crippen LogP contribution in [0.5, 0.6) is 0 Å². The Balaban J connectivity index is 2.69. The van der Waals surface area contributed by atoms with Crippen LogP contribution >= 0.6 is 0 Å². The van der Waals surface area contributed by atoms with Crippen molar-refractivity contribution in [3.8, 4) is 0 Å². The molecule has 0 spiro atoms. The summed E-state index contributed by atoms with van der Waals surface area (Å²) in [5.41, 5.74) is 1.83. The third-order valence-corrected chi connectivity index (χ3v) is 1.07. The summed E-state index contributed by atoms with van der Waals surface area (Å²) in [5.74, 6) is 0. The molecule has 0 atom stereocenters. The molecule has 0 saturated heterocycles. The van der Waals surface area contributed by atoms with Gasteiger partial charge in [0.2, 0.25) is 0 Å². The van der Waals surface area contributed by atoms with Gasteiger partial charge in [0.25, 0.3) is 0 Å². The molecule has 1 heterocycles.